The molecule has 4 aromatic rings. The second kappa shape index (κ2) is 8.77. The average molecular weight is 404 g/mol. The van der Waals surface area contributed by atoms with Crippen molar-refractivity contribution in [2.45, 2.75) is 39.4 Å². The first-order chi connectivity index (χ1) is 14.7. The summed E-state index contributed by atoms with van der Waals surface area (Å²) >= 11 is 0. The molecule has 0 aliphatic carbocycles. The number of anilines is 1. The van der Waals surface area contributed by atoms with Crippen molar-refractivity contribution < 1.29 is 4.79 Å². The average Bonchev–Trinajstić information content (AvgIpc) is 3.32. The van der Waals surface area contributed by atoms with E-state index in [0.29, 0.717) is 25.5 Å². The lowest BCUT2D eigenvalue weighted by Gasteiger charge is -2.04. The maximum absolute atomic E-state index is 12.7. The smallest absolute Gasteiger partial charge is 0.309 e. The third-order valence-corrected chi connectivity index (χ3v) is 5.09. The molecule has 0 radical (unpaired) electrons. The maximum atomic E-state index is 12.7. The second-order valence-electron chi connectivity index (χ2n) is 7.03. The van der Waals surface area contributed by atoms with Gasteiger partial charge in [-0.1, -0.05) is 12.1 Å². The molecule has 0 spiro atoms. The van der Waals surface area contributed by atoms with Crippen molar-refractivity contribution in [3.05, 3.63) is 77.1 Å². The standard InChI is InChI=1S/C22H24N6O2/c1-2-27-18-5-3-4-6-19(18)28(22(27)30)16-11-21(29)24-20-10-15-26(25-20)14-9-17-7-12-23-13-8-17/h3-8,10,12-13,15H,2,9,11,14,16H2,1H3,(H,24,25,29). The number of carbonyl (C=O) groups excluding carboxylic acids is 1. The van der Waals surface area contributed by atoms with E-state index in [1.54, 1.807) is 32.3 Å². The highest BCUT2D eigenvalue weighted by atomic mass is 16.2. The third kappa shape index (κ3) is 4.17. The number of amides is 1. The molecule has 30 heavy (non-hydrogen) atoms. The van der Waals surface area contributed by atoms with Gasteiger partial charge in [0, 0.05) is 50.7 Å². The molecular formula is C22H24N6O2. The summed E-state index contributed by atoms with van der Waals surface area (Å²) in [6, 6.07) is 13.4. The van der Waals surface area contributed by atoms with Crippen LogP contribution in [-0.4, -0.2) is 29.8 Å². The third-order valence-electron chi connectivity index (χ3n) is 5.09. The monoisotopic (exact) mass is 404 g/mol. The molecule has 1 N–H and O–H groups in total. The first-order valence-corrected chi connectivity index (χ1v) is 10.1. The minimum atomic E-state index is -0.172. The molecular weight excluding hydrogens is 380 g/mol. The number of hydrogen-bond donors (Lipinski definition) is 1. The lowest BCUT2D eigenvalue weighted by atomic mass is 10.2. The molecule has 8 heteroatoms. The number of nitrogens with zero attached hydrogens (tertiary/aromatic N) is 5. The van der Waals surface area contributed by atoms with Crippen molar-refractivity contribution in [1.29, 1.82) is 0 Å². The van der Waals surface area contributed by atoms with Crippen molar-refractivity contribution in [2.75, 3.05) is 5.32 Å². The molecule has 1 aromatic carbocycles. The van der Waals surface area contributed by atoms with Crippen LogP contribution in [0.2, 0.25) is 0 Å². The number of para-hydroxylation sites is 2. The summed E-state index contributed by atoms with van der Waals surface area (Å²) in [5.41, 5.74) is 2.82. The van der Waals surface area contributed by atoms with E-state index in [2.05, 4.69) is 15.4 Å². The van der Waals surface area contributed by atoms with Gasteiger partial charge in [-0.05, 0) is 43.2 Å². The van der Waals surface area contributed by atoms with Crippen LogP contribution in [0, 0.1) is 0 Å². The topological polar surface area (TPSA) is 86.7 Å². The van der Waals surface area contributed by atoms with E-state index in [1.165, 1.54) is 5.56 Å². The van der Waals surface area contributed by atoms with Gasteiger partial charge in [-0.15, -0.1) is 0 Å². The quantitative estimate of drug-likeness (QED) is 0.489. The van der Waals surface area contributed by atoms with Gasteiger partial charge < -0.3 is 5.32 Å². The fraction of sp³-hybridized carbons (Fsp3) is 0.273. The summed E-state index contributed by atoms with van der Waals surface area (Å²) in [5, 5.41) is 7.22. The molecule has 0 aliphatic heterocycles. The molecule has 4 rings (SSSR count). The first kappa shape index (κ1) is 19.6. The number of imidazole rings is 1. The number of fused-ring (bicyclic) bond motifs is 1. The minimum absolute atomic E-state index is 0.0908. The van der Waals surface area contributed by atoms with Crippen LogP contribution < -0.4 is 11.0 Å². The summed E-state index contributed by atoms with van der Waals surface area (Å²) in [6.07, 6.45) is 6.42. The number of pyridine rings is 1. The molecule has 1 amide bonds. The molecule has 0 fully saturated rings. The molecule has 0 saturated heterocycles. The van der Waals surface area contributed by atoms with Crippen LogP contribution >= 0.6 is 0 Å². The lowest BCUT2D eigenvalue weighted by Crippen LogP contribution is -2.25. The van der Waals surface area contributed by atoms with E-state index in [4.69, 9.17) is 0 Å². The Labute approximate surface area is 173 Å². The van der Waals surface area contributed by atoms with Crippen molar-refractivity contribution in [2.24, 2.45) is 0 Å². The van der Waals surface area contributed by atoms with E-state index >= 15 is 0 Å². The van der Waals surface area contributed by atoms with Gasteiger partial charge in [-0.25, -0.2) is 4.79 Å². The normalized spacial score (nSPS) is 11.1. The zero-order chi connectivity index (χ0) is 20.9. The molecule has 3 heterocycles. The minimum Gasteiger partial charge on any atom is -0.309 e. The summed E-state index contributed by atoms with van der Waals surface area (Å²) in [6.45, 7) is 3.57. The Kier molecular flexibility index (Phi) is 5.74. The SMILES string of the molecule is CCn1c(=O)n(CCC(=O)Nc2ccn(CCc3ccncc3)n2)c2ccccc21. The summed E-state index contributed by atoms with van der Waals surface area (Å²) < 4.78 is 5.18. The van der Waals surface area contributed by atoms with Crippen LogP contribution in [0.15, 0.2) is 65.8 Å². The van der Waals surface area contributed by atoms with Gasteiger partial charge in [0.25, 0.3) is 0 Å². The van der Waals surface area contributed by atoms with Gasteiger partial charge in [0.1, 0.15) is 0 Å². The van der Waals surface area contributed by atoms with E-state index < -0.39 is 0 Å². The highest BCUT2D eigenvalue weighted by molar-refractivity contribution is 5.89. The van der Waals surface area contributed by atoms with Crippen molar-refractivity contribution >= 4 is 22.8 Å². The fourth-order valence-electron chi connectivity index (χ4n) is 3.56. The number of carbonyl (C=O) groups is 1. The predicted octanol–water partition coefficient (Wildman–Crippen LogP) is 2.69. The Morgan fingerprint density at radius 3 is 2.47 bits per heavy atom. The highest BCUT2D eigenvalue weighted by Crippen LogP contribution is 2.13. The summed E-state index contributed by atoms with van der Waals surface area (Å²) in [5.74, 6) is 0.340. The Balaban J connectivity index is 1.36. The molecule has 0 aliphatic rings. The van der Waals surface area contributed by atoms with Gasteiger partial charge in [0.2, 0.25) is 5.91 Å². The Morgan fingerprint density at radius 1 is 1.00 bits per heavy atom. The van der Waals surface area contributed by atoms with Crippen LogP contribution in [0.3, 0.4) is 0 Å². The number of benzene rings is 1. The molecule has 0 saturated carbocycles. The highest BCUT2D eigenvalue weighted by Gasteiger charge is 2.13. The molecule has 154 valence electrons. The van der Waals surface area contributed by atoms with Crippen LogP contribution in [0.5, 0.6) is 0 Å². The zero-order valence-electron chi connectivity index (χ0n) is 16.9. The first-order valence-electron chi connectivity index (χ1n) is 10.1. The zero-order valence-corrected chi connectivity index (χ0v) is 16.9. The fourth-order valence-corrected chi connectivity index (χ4v) is 3.56. The van der Waals surface area contributed by atoms with Gasteiger partial charge in [0.05, 0.1) is 11.0 Å². The number of aromatic nitrogens is 5. The van der Waals surface area contributed by atoms with E-state index in [0.717, 1.165) is 17.5 Å². The summed E-state index contributed by atoms with van der Waals surface area (Å²) in [4.78, 5) is 29.1. The van der Waals surface area contributed by atoms with E-state index in [1.807, 2.05) is 49.5 Å². The molecule has 8 nitrogen and oxygen atoms in total. The van der Waals surface area contributed by atoms with E-state index in [-0.39, 0.29) is 18.0 Å². The largest absolute Gasteiger partial charge is 0.329 e. The van der Waals surface area contributed by atoms with Gasteiger partial charge in [-0.2, -0.15) is 5.10 Å². The predicted molar refractivity (Wildman–Crippen MR) is 115 cm³/mol. The van der Waals surface area contributed by atoms with Gasteiger partial charge in [-0.3, -0.25) is 23.6 Å². The van der Waals surface area contributed by atoms with Crippen LogP contribution in [-0.2, 0) is 30.8 Å². The Hall–Kier alpha value is -3.68. The molecule has 0 bridgehead atoms. The maximum Gasteiger partial charge on any atom is 0.329 e. The Morgan fingerprint density at radius 2 is 1.73 bits per heavy atom. The van der Waals surface area contributed by atoms with Crippen molar-refractivity contribution in [3.8, 4) is 0 Å². The van der Waals surface area contributed by atoms with Crippen LogP contribution in [0.1, 0.15) is 18.9 Å². The number of nitrogens with one attached hydrogen (secondary N) is 1. The molecule has 3 aromatic heterocycles. The second-order valence-corrected chi connectivity index (χ2v) is 7.03. The van der Waals surface area contributed by atoms with Crippen molar-refractivity contribution in [1.82, 2.24) is 23.9 Å². The molecule has 0 atom stereocenters. The van der Waals surface area contributed by atoms with Crippen LogP contribution in [0.4, 0.5) is 5.82 Å². The van der Waals surface area contributed by atoms with Gasteiger partial charge >= 0.3 is 5.69 Å². The van der Waals surface area contributed by atoms with Crippen molar-refractivity contribution in [3.63, 3.8) is 0 Å². The number of rotatable bonds is 8. The van der Waals surface area contributed by atoms with E-state index in [9.17, 15) is 9.59 Å². The number of aryl methyl sites for hydroxylation is 4. The summed E-state index contributed by atoms with van der Waals surface area (Å²) in [7, 11) is 0. The Bertz CT molecular complexity index is 1210. The lowest BCUT2D eigenvalue weighted by molar-refractivity contribution is -0.116. The number of hydrogen-bond acceptors (Lipinski definition) is 4. The van der Waals surface area contributed by atoms with Crippen LogP contribution in [0.25, 0.3) is 11.0 Å². The van der Waals surface area contributed by atoms with Gasteiger partial charge in [0.15, 0.2) is 5.82 Å². The molecule has 0 unspecified atom stereocenters.